The summed E-state index contributed by atoms with van der Waals surface area (Å²) >= 11 is 0. The van der Waals surface area contributed by atoms with Crippen molar-refractivity contribution in [1.29, 1.82) is 5.26 Å². The van der Waals surface area contributed by atoms with Gasteiger partial charge in [-0.1, -0.05) is 30.3 Å². The number of rotatable bonds is 6. The summed E-state index contributed by atoms with van der Waals surface area (Å²) in [6, 6.07) is 13.3. The van der Waals surface area contributed by atoms with Crippen molar-refractivity contribution in [2.45, 2.75) is 18.7 Å². The minimum Gasteiger partial charge on any atom is -0.424 e. The van der Waals surface area contributed by atoms with E-state index in [2.05, 4.69) is 10.2 Å². The van der Waals surface area contributed by atoms with Crippen LogP contribution in [-0.2, 0) is 23.4 Å². The lowest BCUT2D eigenvalue weighted by Gasteiger charge is -2.08. The Morgan fingerprint density at radius 2 is 1.73 bits per heavy atom. The van der Waals surface area contributed by atoms with Gasteiger partial charge in [0.1, 0.15) is 11.8 Å². The predicted molar refractivity (Wildman–Crippen MR) is 106 cm³/mol. The van der Waals surface area contributed by atoms with E-state index in [0.717, 1.165) is 26.0 Å². The molecule has 0 radical (unpaired) electrons. The fourth-order valence-electron chi connectivity index (χ4n) is 2.17. The van der Waals surface area contributed by atoms with Crippen LogP contribution in [0.2, 0.25) is 0 Å². The van der Waals surface area contributed by atoms with Crippen molar-refractivity contribution in [3.8, 4) is 11.8 Å². The summed E-state index contributed by atoms with van der Waals surface area (Å²) in [5.41, 5.74) is -0.167. The molecular formula is C19H14ClN3O6S. The maximum atomic E-state index is 11.6. The highest BCUT2D eigenvalue weighted by atomic mass is 35.7. The minimum absolute atomic E-state index is 0.110. The standard InChI is InChI=1S/C19H14ClN3O6S/c1-12(24)28-18-9-8-15(30(20,26)27)10-16(18)22-23-17(11-21)19(29-13(2)25)14-6-4-3-5-7-14/h3-10H,1-2H3/b19-17-,23-22?. The largest absolute Gasteiger partial charge is 0.424 e. The Morgan fingerprint density at radius 3 is 2.27 bits per heavy atom. The molecule has 2 rings (SSSR count). The fraction of sp³-hybridized carbons (Fsp3) is 0.105. The zero-order chi connectivity index (χ0) is 22.3. The molecule has 0 heterocycles. The number of allylic oxidation sites excluding steroid dienone is 1. The van der Waals surface area contributed by atoms with Gasteiger partial charge in [-0.05, 0) is 18.2 Å². The first-order valence-corrected chi connectivity index (χ1v) is 10.5. The molecule has 154 valence electrons. The summed E-state index contributed by atoms with van der Waals surface area (Å²) < 4.78 is 33.3. The normalized spacial score (nSPS) is 12.1. The van der Waals surface area contributed by atoms with Crippen LogP contribution in [0.4, 0.5) is 5.69 Å². The molecule has 11 heteroatoms. The van der Waals surface area contributed by atoms with E-state index >= 15 is 0 Å². The van der Waals surface area contributed by atoms with Gasteiger partial charge in [0, 0.05) is 30.1 Å². The second-order valence-electron chi connectivity index (χ2n) is 5.61. The molecule has 0 aliphatic heterocycles. The van der Waals surface area contributed by atoms with Crippen LogP contribution in [-0.4, -0.2) is 20.4 Å². The summed E-state index contributed by atoms with van der Waals surface area (Å²) in [5.74, 6) is -1.63. The number of esters is 2. The van der Waals surface area contributed by atoms with Crippen LogP contribution in [0.15, 0.2) is 69.4 Å². The van der Waals surface area contributed by atoms with Crippen LogP contribution in [0, 0.1) is 11.3 Å². The number of halogens is 1. The monoisotopic (exact) mass is 447 g/mol. The molecule has 0 aliphatic carbocycles. The molecule has 0 saturated heterocycles. The Hall–Kier alpha value is -3.55. The van der Waals surface area contributed by atoms with E-state index in [1.54, 1.807) is 36.4 Å². The third-order valence-corrected chi connectivity index (χ3v) is 4.68. The Balaban J connectivity index is 2.62. The van der Waals surface area contributed by atoms with E-state index in [0.29, 0.717) is 5.56 Å². The maximum absolute atomic E-state index is 11.6. The van der Waals surface area contributed by atoms with Crippen molar-refractivity contribution in [3.05, 3.63) is 59.8 Å². The average molecular weight is 448 g/mol. The lowest BCUT2D eigenvalue weighted by molar-refractivity contribution is -0.134. The van der Waals surface area contributed by atoms with Crippen LogP contribution in [0.25, 0.3) is 5.76 Å². The summed E-state index contributed by atoms with van der Waals surface area (Å²) in [4.78, 5) is 22.5. The molecule has 0 N–H and O–H groups in total. The smallest absolute Gasteiger partial charge is 0.308 e. The van der Waals surface area contributed by atoms with Gasteiger partial charge >= 0.3 is 11.9 Å². The van der Waals surface area contributed by atoms with Crippen molar-refractivity contribution < 1.29 is 27.5 Å². The summed E-state index contributed by atoms with van der Waals surface area (Å²) in [6.07, 6.45) is 0. The van der Waals surface area contributed by atoms with Crippen LogP contribution in [0.5, 0.6) is 5.75 Å². The second-order valence-corrected chi connectivity index (χ2v) is 8.18. The van der Waals surface area contributed by atoms with Gasteiger partial charge in [-0.15, -0.1) is 10.2 Å². The van der Waals surface area contributed by atoms with Crippen molar-refractivity contribution in [2.24, 2.45) is 10.2 Å². The number of carbonyl (C=O) groups excluding carboxylic acids is 2. The van der Waals surface area contributed by atoms with Crippen LogP contribution >= 0.6 is 10.7 Å². The number of azo groups is 1. The summed E-state index contributed by atoms with van der Waals surface area (Å²) in [6.45, 7) is 2.30. The van der Waals surface area contributed by atoms with Gasteiger partial charge < -0.3 is 9.47 Å². The number of nitrogens with zero attached hydrogens (tertiary/aromatic N) is 3. The van der Waals surface area contributed by atoms with Gasteiger partial charge in [-0.25, -0.2) is 8.42 Å². The first kappa shape index (κ1) is 22.7. The minimum atomic E-state index is -4.11. The van der Waals surface area contributed by atoms with Crippen molar-refractivity contribution >= 4 is 43.1 Å². The maximum Gasteiger partial charge on any atom is 0.308 e. The van der Waals surface area contributed by atoms with E-state index in [4.69, 9.17) is 20.2 Å². The van der Waals surface area contributed by atoms with Gasteiger partial charge in [-0.2, -0.15) is 5.26 Å². The van der Waals surface area contributed by atoms with Crippen LogP contribution in [0.1, 0.15) is 19.4 Å². The molecule has 30 heavy (non-hydrogen) atoms. The molecule has 0 aliphatic rings. The quantitative estimate of drug-likeness (QED) is 0.162. The molecule has 9 nitrogen and oxygen atoms in total. The highest BCUT2D eigenvalue weighted by molar-refractivity contribution is 8.13. The van der Waals surface area contributed by atoms with E-state index in [1.807, 2.05) is 0 Å². The number of ether oxygens (including phenoxy) is 2. The Labute approximate surface area is 176 Å². The van der Waals surface area contributed by atoms with E-state index in [9.17, 15) is 23.3 Å². The first-order chi connectivity index (χ1) is 14.1. The molecular weight excluding hydrogens is 434 g/mol. The topological polar surface area (TPSA) is 135 Å². The van der Waals surface area contributed by atoms with Crippen molar-refractivity contribution in [1.82, 2.24) is 0 Å². The predicted octanol–water partition coefficient (Wildman–Crippen LogP) is 4.08. The number of benzene rings is 2. The number of hydrogen-bond acceptors (Lipinski definition) is 9. The van der Waals surface area contributed by atoms with Gasteiger partial charge in [0.15, 0.2) is 11.5 Å². The number of nitriles is 1. The molecule has 0 bridgehead atoms. The van der Waals surface area contributed by atoms with E-state index < -0.39 is 21.0 Å². The van der Waals surface area contributed by atoms with Gasteiger partial charge in [-0.3, -0.25) is 9.59 Å². The SMILES string of the molecule is CC(=O)O/C(=C(/C#N)N=Nc1cc(S(=O)(=O)Cl)ccc1OC(C)=O)c1ccccc1. The third kappa shape index (κ3) is 6.23. The molecule has 0 saturated carbocycles. The van der Waals surface area contributed by atoms with E-state index in [1.165, 1.54) is 6.07 Å². The van der Waals surface area contributed by atoms with Crippen molar-refractivity contribution in [3.63, 3.8) is 0 Å². The second kappa shape index (κ2) is 9.78. The molecule has 0 aromatic heterocycles. The number of carbonyl (C=O) groups is 2. The van der Waals surface area contributed by atoms with Gasteiger partial charge in [0.25, 0.3) is 9.05 Å². The molecule has 2 aromatic carbocycles. The molecule has 0 atom stereocenters. The molecule has 0 spiro atoms. The van der Waals surface area contributed by atoms with Gasteiger partial charge in [0.2, 0.25) is 5.70 Å². The first-order valence-electron chi connectivity index (χ1n) is 8.19. The third-order valence-electron chi connectivity index (χ3n) is 3.33. The van der Waals surface area contributed by atoms with Crippen LogP contribution < -0.4 is 4.74 Å². The Morgan fingerprint density at radius 1 is 1.07 bits per heavy atom. The highest BCUT2D eigenvalue weighted by Crippen LogP contribution is 2.33. The van der Waals surface area contributed by atoms with Crippen molar-refractivity contribution in [2.75, 3.05) is 0 Å². The number of hydrogen-bond donors (Lipinski definition) is 0. The summed E-state index contributed by atoms with van der Waals surface area (Å²) in [5, 5.41) is 17.1. The Kier molecular flexibility index (Phi) is 7.41. The molecule has 0 fully saturated rings. The zero-order valence-electron chi connectivity index (χ0n) is 15.7. The molecule has 2 aromatic rings. The Bertz CT molecular complexity index is 1180. The lowest BCUT2D eigenvalue weighted by Crippen LogP contribution is -2.02. The summed E-state index contributed by atoms with van der Waals surface area (Å²) in [7, 11) is 1.23. The van der Waals surface area contributed by atoms with Gasteiger partial charge in [0.05, 0.1) is 4.90 Å². The lowest BCUT2D eigenvalue weighted by atomic mass is 10.1. The van der Waals surface area contributed by atoms with E-state index in [-0.39, 0.29) is 27.8 Å². The zero-order valence-corrected chi connectivity index (χ0v) is 17.3. The molecule has 0 amide bonds. The highest BCUT2D eigenvalue weighted by Gasteiger charge is 2.17. The van der Waals surface area contributed by atoms with Crippen LogP contribution in [0.3, 0.4) is 0 Å². The fourth-order valence-corrected chi connectivity index (χ4v) is 2.94. The average Bonchev–Trinajstić information content (AvgIpc) is 2.67. The molecule has 0 unspecified atom stereocenters.